The van der Waals surface area contributed by atoms with Crippen molar-refractivity contribution in [3.63, 3.8) is 0 Å². The predicted molar refractivity (Wildman–Crippen MR) is 87.1 cm³/mol. The quantitative estimate of drug-likeness (QED) is 0.567. The number of nitrogens with zero attached hydrogens (tertiary/aromatic N) is 3. The number of pyridine rings is 1. The highest BCUT2D eigenvalue weighted by atomic mass is 16.5. The van der Waals surface area contributed by atoms with E-state index in [4.69, 9.17) is 9.72 Å². The maximum Gasteiger partial charge on any atom is 0.0801 e. The molecule has 6 nitrogen and oxygen atoms in total. The molecule has 0 bridgehead atoms. The summed E-state index contributed by atoms with van der Waals surface area (Å²) in [4.78, 5) is 4.94. The second-order valence-corrected chi connectivity index (χ2v) is 5.92. The van der Waals surface area contributed by atoms with Crippen molar-refractivity contribution in [2.24, 2.45) is 0 Å². The number of ether oxygens (including phenoxy) is 1. The number of aryl methyl sites for hydroxylation is 1. The van der Waals surface area contributed by atoms with E-state index in [-0.39, 0.29) is 0 Å². The van der Waals surface area contributed by atoms with Crippen LogP contribution in [0.15, 0.2) is 24.5 Å². The molecule has 2 N–H and O–H groups in total. The van der Waals surface area contributed by atoms with Crippen LogP contribution in [0, 0.1) is 6.92 Å². The fourth-order valence-corrected chi connectivity index (χ4v) is 3.49. The number of nitrogens with one attached hydrogen (secondary N) is 2. The summed E-state index contributed by atoms with van der Waals surface area (Å²) < 4.78 is 5.72. The van der Waals surface area contributed by atoms with Gasteiger partial charge >= 0.3 is 0 Å². The highest BCUT2D eigenvalue weighted by Crippen LogP contribution is 2.36. The van der Waals surface area contributed by atoms with E-state index in [0.717, 1.165) is 46.4 Å². The fourth-order valence-electron chi connectivity index (χ4n) is 3.49. The molecule has 1 aromatic carbocycles. The monoisotopic (exact) mass is 305 g/mol. The molecule has 0 aliphatic carbocycles. The molecule has 4 heterocycles. The van der Waals surface area contributed by atoms with Crippen LogP contribution >= 0.6 is 0 Å². The summed E-state index contributed by atoms with van der Waals surface area (Å²) in [5, 5.41) is 16.7. The van der Waals surface area contributed by atoms with Crippen molar-refractivity contribution in [2.45, 2.75) is 20.0 Å². The van der Waals surface area contributed by atoms with E-state index in [1.807, 2.05) is 25.4 Å². The highest BCUT2D eigenvalue weighted by Gasteiger charge is 2.22. The molecule has 0 spiro atoms. The summed E-state index contributed by atoms with van der Waals surface area (Å²) >= 11 is 0. The molecule has 0 saturated heterocycles. The first-order valence-electron chi connectivity index (χ1n) is 7.68. The first kappa shape index (κ1) is 12.8. The largest absolute Gasteiger partial charge is 0.376 e. The zero-order chi connectivity index (χ0) is 15.4. The van der Waals surface area contributed by atoms with Gasteiger partial charge in [-0.05, 0) is 31.0 Å². The van der Waals surface area contributed by atoms with Gasteiger partial charge in [0.05, 0.1) is 42.3 Å². The van der Waals surface area contributed by atoms with E-state index < -0.39 is 0 Å². The van der Waals surface area contributed by atoms with Gasteiger partial charge in [0.1, 0.15) is 0 Å². The van der Waals surface area contributed by atoms with Crippen molar-refractivity contribution in [3.8, 4) is 11.3 Å². The molecule has 1 aliphatic heterocycles. The third kappa shape index (κ3) is 1.75. The maximum atomic E-state index is 5.72. The van der Waals surface area contributed by atoms with Crippen LogP contribution in [0.1, 0.15) is 16.8 Å². The van der Waals surface area contributed by atoms with Crippen LogP contribution in [0.4, 0.5) is 0 Å². The summed E-state index contributed by atoms with van der Waals surface area (Å²) in [6.45, 7) is 3.35. The van der Waals surface area contributed by atoms with E-state index in [0.29, 0.717) is 6.61 Å². The Labute approximate surface area is 131 Å². The van der Waals surface area contributed by atoms with Crippen LogP contribution < -0.4 is 0 Å². The normalized spacial score (nSPS) is 14.5. The van der Waals surface area contributed by atoms with Crippen molar-refractivity contribution >= 4 is 21.8 Å². The third-order valence-corrected chi connectivity index (χ3v) is 4.61. The van der Waals surface area contributed by atoms with Gasteiger partial charge in [-0.2, -0.15) is 10.2 Å². The standard InChI is InChI=1S/C17H15N5O/c1-9-11(6-18-21-9)17-13-8-23-5-4-10(13)16-12-7-19-22-14(12)2-3-15(16)20-17/h2-3,6-7H,4-5,8H2,1H3,(H,18,21)(H,19,22). The number of benzene rings is 1. The third-order valence-electron chi connectivity index (χ3n) is 4.61. The number of aromatic nitrogens is 5. The van der Waals surface area contributed by atoms with Crippen LogP contribution in [0.2, 0.25) is 0 Å². The summed E-state index contributed by atoms with van der Waals surface area (Å²) in [6, 6.07) is 4.10. The second kappa shape index (κ2) is 4.63. The molecule has 114 valence electrons. The lowest BCUT2D eigenvalue weighted by molar-refractivity contribution is 0.111. The summed E-state index contributed by atoms with van der Waals surface area (Å²) in [5.74, 6) is 0. The molecule has 4 aromatic rings. The molecule has 0 unspecified atom stereocenters. The molecule has 23 heavy (non-hydrogen) atoms. The first-order chi connectivity index (χ1) is 11.3. The summed E-state index contributed by atoms with van der Waals surface area (Å²) in [6.07, 6.45) is 4.62. The summed E-state index contributed by atoms with van der Waals surface area (Å²) in [7, 11) is 0. The van der Waals surface area contributed by atoms with Crippen molar-refractivity contribution in [3.05, 3.63) is 41.3 Å². The van der Waals surface area contributed by atoms with Crippen LogP contribution in [0.25, 0.3) is 33.1 Å². The topological polar surface area (TPSA) is 79.5 Å². The van der Waals surface area contributed by atoms with Gasteiger partial charge in [0.15, 0.2) is 0 Å². The summed E-state index contributed by atoms with van der Waals surface area (Å²) in [5.41, 5.74) is 7.57. The number of fused-ring (bicyclic) bond motifs is 5. The molecule has 0 fully saturated rings. The zero-order valence-corrected chi connectivity index (χ0v) is 12.7. The van der Waals surface area contributed by atoms with E-state index in [2.05, 4.69) is 26.5 Å². The lowest BCUT2D eigenvalue weighted by Crippen LogP contribution is -2.13. The minimum Gasteiger partial charge on any atom is -0.376 e. The molecule has 0 saturated carbocycles. The van der Waals surface area contributed by atoms with Gasteiger partial charge in [-0.1, -0.05) is 0 Å². The molecule has 0 amide bonds. The maximum absolute atomic E-state index is 5.72. The SMILES string of the molecule is Cc1[nH]ncc1-c1nc2ccc3[nH]ncc3c2c2c1COCC2. The van der Waals surface area contributed by atoms with Gasteiger partial charge < -0.3 is 4.74 Å². The Kier molecular flexibility index (Phi) is 2.57. The highest BCUT2D eigenvalue weighted by molar-refractivity contribution is 6.07. The molecular formula is C17H15N5O. The number of H-pyrrole nitrogens is 2. The van der Waals surface area contributed by atoms with E-state index >= 15 is 0 Å². The van der Waals surface area contributed by atoms with Crippen molar-refractivity contribution in [1.82, 2.24) is 25.4 Å². The van der Waals surface area contributed by atoms with Gasteiger partial charge in [0, 0.05) is 27.6 Å². The smallest absolute Gasteiger partial charge is 0.0801 e. The molecular weight excluding hydrogens is 290 g/mol. The number of aromatic amines is 2. The predicted octanol–water partition coefficient (Wildman–Crippen LogP) is 2.88. The molecule has 0 radical (unpaired) electrons. The van der Waals surface area contributed by atoms with Crippen molar-refractivity contribution < 1.29 is 4.74 Å². The first-order valence-corrected chi connectivity index (χ1v) is 7.68. The molecule has 1 aliphatic rings. The van der Waals surface area contributed by atoms with Crippen LogP contribution in [0.3, 0.4) is 0 Å². The van der Waals surface area contributed by atoms with Crippen molar-refractivity contribution in [2.75, 3.05) is 6.61 Å². The Balaban J connectivity index is 1.94. The molecule has 6 heteroatoms. The van der Waals surface area contributed by atoms with Crippen LogP contribution in [-0.4, -0.2) is 32.0 Å². The van der Waals surface area contributed by atoms with Gasteiger partial charge in [-0.25, -0.2) is 4.98 Å². The van der Waals surface area contributed by atoms with E-state index in [1.54, 1.807) is 0 Å². The lowest BCUT2D eigenvalue weighted by atomic mass is 9.93. The van der Waals surface area contributed by atoms with Crippen LogP contribution in [-0.2, 0) is 17.8 Å². The fraction of sp³-hybridized carbons (Fsp3) is 0.235. The Morgan fingerprint density at radius 2 is 2.00 bits per heavy atom. The lowest BCUT2D eigenvalue weighted by Gasteiger charge is -2.21. The van der Waals surface area contributed by atoms with Gasteiger partial charge in [0.25, 0.3) is 0 Å². The molecule has 3 aromatic heterocycles. The Hall–Kier alpha value is -2.73. The number of rotatable bonds is 1. The Bertz CT molecular complexity index is 1050. The second-order valence-electron chi connectivity index (χ2n) is 5.92. The zero-order valence-electron chi connectivity index (χ0n) is 12.7. The van der Waals surface area contributed by atoms with Crippen LogP contribution in [0.5, 0.6) is 0 Å². The van der Waals surface area contributed by atoms with E-state index in [1.165, 1.54) is 16.5 Å². The van der Waals surface area contributed by atoms with E-state index in [9.17, 15) is 0 Å². The van der Waals surface area contributed by atoms with Gasteiger partial charge in [-0.3, -0.25) is 10.2 Å². The van der Waals surface area contributed by atoms with Gasteiger partial charge in [-0.15, -0.1) is 0 Å². The average molecular weight is 305 g/mol. The minimum absolute atomic E-state index is 0.590. The number of hydrogen-bond donors (Lipinski definition) is 2. The Morgan fingerprint density at radius 3 is 2.87 bits per heavy atom. The molecule has 0 atom stereocenters. The van der Waals surface area contributed by atoms with Crippen molar-refractivity contribution in [1.29, 1.82) is 0 Å². The number of hydrogen-bond acceptors (Lipinski definition) is 4. The Morgan fingerprint density at radius 1 is 1.09 bits per heavy atom. The average Bonchev–Trinajstić information content (AvgIpc) is 3.22. The molecule has 5 rings (SSSR count). The van der Waals surface area contributed by atoms with Gasteiger partial charge in [0.2, 0.25) is 0 Å². The minimum atomic E-state index is 0.590.